The highest BCUT2D eigenvalue weighted by atomic mass is 79.9. The van der Waals surface area contributed by atoms with Gasteiger partial charge in [-0.1, -0.05) is 15.9 Å². The smallest absolute Gasteiger partial charge is 0.271 e. The number of amides is 1. The van der Waals surface area contributed by atoms with Crippen LogP contribution in [0, 0.1) is 0 Å². The van der Waals surface area contributed by atoms with Gasteiger partial charge in [0, 0.05) is 41.7 Å². The van der Waals surface area contributed by atoms with Crippen LogP contribution in [-0.2, 0) is 0 Å². The second kappa shape index (κ2) is 6.22. The standard InChI is InChI=1S/C15H15BrN4O/c16-11-1-3-13(4-2-11)20-8-5-12(10-20)19-15(21)14-9-17-6-7-18-14/h1-4,6-7,9,12H,5,8,10H2,(H,19,21)/t12-/m1/s1. The Balaban J connectivity index is 1.60. The molecule has 0 bridgehead atoms. The molecule has 0 saturated carbocycles. The highest BCUT2D eigenvalue weighted by Gasteiger charge is 2.24. The second-order valence-corrected chi connectivity index (χ2v) is 5.89. The molecule has 5 nitrogen and oxygen atoms in total. The second-order valence-electron chi connectivity index (χ2n) is 4.97. The van der Waals surface area contributed by atoms with Crippen LogP contribution in [0.15, 0.2) is 47.3 Å². The summed E-state index contributed by atoms with van der Waals surface area (Å²) in [4.78, 5) is 22.2. The number of nitrogens with zero attached hydrogens (tertiary/aromatic N) is 3. The zero-order chi connectivity index (χ0) is 14.7. The minimum absolute atomic E-state index is 0.142. The van der Waals surface area contributed by atoms with Gasteiger partial charge in [0.25, 0.3) is 5.91 Å². The van der Waals surface area contributed by atoms with Crippen LogP contribution in [0.4, 0.5) is 5.69 Å². The fraction of sp³-hybridized carbons (Fsp3) is 0.267. The quantitative estimate of drug-likeness (QED) is 0.925. The monoisotopic (exact) mass is 346 g/mol. The first kappa shape index (κ1) is 14.0. The van der Waals surface area contributed by atoms with Gasteiger partial charge in [0.2, 0.25) is 0 Å². The molecule has 1 aliphatic rings. The molecule has 0 unspecified atom stereocenters. The van der Waals surface area contributed by atoms with Crippen LogP contribution < -0.4 is 10.2 Å². The number of halogens is 1. The van der Waals surface area contributed by atoms with E-state index >= 15 is 0 Å². The van der Waals surface area contributed by atoms with Crippen LogP contribution in [0.3, 0.4) is 0 Å². The Kier molecular flexibility index (Phi) is 4.15. The first-order chi connectivity index (χ1) is 10.2. The lowest BCUT2D eigenvalue weighted by atomic mass is 10.2. The van der Waals surface area contributed by atoms with E-state index in [0.29, 0.717) is 5.69 Å². The van der Waals surface area contributed by atoms with Crippen LogP contribution in [0.25, 0.3) is 0 Å². The number of aromatic nitrogens is 2. The Bertz CT molecular complexity index is 617. The van der Waals surface area contributed by atoms with Crippen molar-refractivity contribution in [1.29, 1.82) is 0 Å². The van der Waals surface area contributed by atoms with E-state index in [1.54, 1.807) is 6.20 Å². The molecule has 108 valence electrons. The predicted molar refractivity (Wildman–Crippen MR) is 84.3 cm³/mol. The Morgan fingerprint density at radius 1 is 1.29 bits per heavy atom. The van der Waals surface area contributed by atoms with Crippen molar-refractivity contribution >= 4 is 27.5 Å². The van der Waals surface area contributed by atoms with Gasteiger partial charge in [-0.3, -0.25) is 9.78 Å². The first-order valence-corrected chi connectivity index (χ1v) is 7.59. The molecule has 1 amide bonds. The van der Waals surface area contributed by atoms with E-state index in [2.05, 4.69) is 48.2 Å². The molecule has 0 radical (unpaired) electrons. The molecule has 1 fully saturated rings. The summed E-state index contributed by atoms with van der Waals surface area (Å²) in [5.41, 5.74) is 1.54. The molecule has 1 aromatic heterocycles. The maximum Gasteiger partial charge on any atom is 0.271 e. The molecule has 6 heteroatoms. The Hall–Kier alpha value is -1.95. The molecule has 21 heavy (non-hydrogen) atoms. The van der Waals surface area contributed by atoms with Crippen LogP contribution in [-0.4, -0.2) is 35.0 Å². The maximum atomic E-state index is 12.1. The van der Waals surface area contributed by atoms with Gasteiger partial charge in [-0.15, -0.1) is 0 Å². The normalized spacial score (nSPS) is 17.8. The van der Waals surface area contributed by atoms with Gasteiger partial charge in [0.05, 0.1) is 6.20 Å². The van der Waals surface area contributed by atoms with Gasteiger partial charge >= 0.3 is 0 Å². The molecule has 1 saturated heterocycles. The molecular weight excluding hydrogens is 332 g/mol. The summed E-state index contributed by atoms with van der Waals surface area (Å²) in [5, 5.41) is 3.01. The number of anilines is 1. The van der Waals surface area contributed by atoms with E-state index in [0.717, 1.165) is 24.0 Å². The number of nitrogens with one attached hydrogen (secondary N) is 1. The molecular formula is C15H15BrN4O. The summed E-state index contributed by atoms with van der Waals surface area (Å²) < 4.78 is 1.07. The van der Waals surface area contributed by atoms with Crippen LogP contribution in [0.5, 0.6) is 0 Å². The zero-order valence-corrected chi connectivity index (χ0v) is 13.0. The van der Waals surface area contributed by atoms with Crippen molar-refractivity contribution in [3.63, 3.8) is 0 Å². The Morgan fingerprint density at radius 2 is 2.10 bits per heavy atom. The lowest BCUT2D eigenvalue weighted by molar-refractivity contribution is 0.0935. The fourth-order valence-electron chi connectivity index (χ4n) is 2.44. The van der Waals surface area contributed by atoms with E-state index in [-0.39, 0.29) is 11.9 Å². The third-order valence-electron chi connectivity index (χ3n) is 3.51. The Labute approximate surface area is 131 Å². The van der Waals surface area contributed by atoms with Crippen molar-refractivity contribution in [3.8, 4) is 0 Å². The van der Waals surface area contributed by atoms with Gasteiger partial charge in [-0.25, -0.2) is 4.98 Å². The molecule has 1 aromatic carbocycles. The predicted octanol–water partition coefficient (Wildman–Crippen LogP) is 2.25. The molecule has 0 aliphatic carbocycles. The summed E-state index contributed by atoms with van der Waals surface area (Å²) in [6.07, 6.45) is 5.50. The molecule has 1 aliphatic heterocycles. The summed E-state index contributed by atoms with van der Waals surface area (Å²) >= 11 is 3.44. The fourth-order valence-corrected chi connectivity index (χ4v) is 2.70. The minimum atomic E-state index is -0.161. The summed E-state index contributed by atoms with van der Waals surface area (Å²) in [6.45, 7) is 1.75. The number of hydrogen-bond donors (Lipinski definition) is 1. The van der Waals surface area contributed by atoms with Gasteiger partial charge in [0.15, 0.2) is 0 Å². The largest absolute Gasteiger partial charge is 0.369 e. The zero-order valence-electron chi connectivity index (χ0n) is 11.4. The van der Waals surface area contributed by atoms with E-state index in [1.807, 2.05) is 12.1 Å². The lowest BCUT2D eigenvalue weighted by Crippen LogP contribution is -2.37. The van der Waals surface area contributed by atoms with Gasteiger partial charge < -0.3 is 10.2 Å². The number of hydrogen-bond acceptors (Lipinski definition) is 4. The summed E-state index contributed by atoms with van der Waals surface area (Å²) in [7, 11) is 0. The molecule has 2 heterocycles. The van der Waals surface area contributed by atoms with Crippen molar-refractivity contribution in [3.05, 3.63) is 53.0 Å². The first-order valence-electron chi connectivity index (χ1n) is 6.80. The summed E-state index contributed by atoms with van der Waals surface area (Å²) in [5.74, 6) is -0.161. The number of benzene rings is 1. The SMILES string of the molecule is O=C(N[C@@H]1CCN(c2ccc(Br)cc2)C1)c1cnccn1. The Morgan fingerprint density at radius 3 is 2.81 bits per heavy atom. The molecule has 1 atom stereocenters. The van der Waals surface area contributed by atoms with Crippen molar-refractivity contribution in [2.45, 2.75) is 12.5 Å². The molecule has 2 aromatic rings. The van der Waals surface area contributed by atoms with Crippen molar-refractivity contribution in [2.24, 2.45) is 0 Å². The number of carbonyl (C=O) groups is 1. The van der Waals surface area contributed by atoms with Gasteiger partial charge in [0.1, 0.15) is 5.69 Å². The van der Waals surface area contributed by atoms with Crippen molar-refractivity contribution < 1.29 is 4.79 Å². The highest BCUT2D eigenvalue weighted by molar-refractivity contribution is 9.10. The van der Waals surface area contributed by atoms with Crippen molar-refractivity contribution in [2.75, 3.05) is 18.0 Å². The maximum absolute atomic E-state index is 12.1. The average Bonchev–Trinajstić information content (AvgIpc) is 2.97. The molecule has 3 rings (SSSR count). The topological polar surface area (TPSA) is 58.1 Å². The van der Waals surface area contributed by atoms with Crippen molar-refractivity contribution in [1.82, 2.24) is 15.3 Å². The minimum Gasteiger partial charge on any atom is -0.369 e. The number of rotatable bonds is 3. The van der Waals surface area contributed by atoms with E-state index in [9.17, 15) is 4.79 Å². The van der Waals surface area contributed by atoms with E-state index in [1.165, 1.54) is 18.1 Å². The van der Waals surface area contributed by atoms with E-state index in [4.69, 9.17) is 0 Å². The third kappa shape index (κ3) is 3.39. The molecule has 1 N–H and O–H groups in total. The average molecular weight is 347 g/mol. The summed E-state index contributed by atoms with van der Waals surface area (Å²) in [6, 6.07) is 8.36. The lowest BCUT2D eigenvalue weighted by Gasteiger charge is -2.19. The van der Waals surface area contributed by atoms with Gasteiger partial charge in [-0.05, 0) is 30.7 Å². The number of carbonyl (C=O) groups excluding carboxylic acids is 1. The van der Waals surface area contributed by atoms with Gasteiger partial charge in [-0.2, -0.15) is 0 Å². The van der Waals surface area contributed by atoms with Crippen LogP contribution in [0.2, 0.25) is 0 Å². The third-order valence-corrected chi connectivity index (χ3v) is 4.04. The van der Waals surface area contributed by atoms with E-state index < -0.39 is 0 Å². The van der Waals surface area contributed by atoms with Crippen LogP contribution in [0.1, 0.15) is 16.9 Å². The van der Waals surface area contributed by atoms with Crippen LogP contribution >= 0.6 is 15.9 Å². The molecule has 0 spiro atoms. The highest BCUT2D eigenvalue weighted by Crippen LogP contribution is 2.22.